The maximum absolute atomic E-state index is 13.8. The summed E-state index contributed by atoms with van der Waals surface area (Å²) in [4.78, 5) is 43.3. The lowest BCUT2D eigenvalue weighted by Gasteiger charge is -2.44. The van der Waals surface area contributed by atoms with E-state index in [0.717, 1.165) is 18.4 Å². The molecule has 3 aliphatic rings. The van der Waals surface area contributed by atoms with Crippen LogP contribution in [0.4, 0.5) is 0 Å². The van der Waals surface area contributed by atoms with Crippen LogP contribution < -0.4 is 5.32 Å². The first-order chi connectivity index (χ1) is 16.4. The number of benzene rings is 2. The Balaban J connectivity index is 1.38. The average Bonchev–Trinajstić information content (AvgIpc) is 3.58. The summed E-state index contributed by atoms with van der Waals surface area (Å²) in [6.45, 7) is 2.90. The van der Waals surface area contributed by atoms with Crippen molar-refractivity contribution in [2.75, 3.05) is 19.7 Å². The van der Waals surface area contributed by atoms with Crippen LogP contribution in [-0.2, 0) is 9.53 Å². The van der Waals surface area contributed by atoms with Gasteiger partial charge >= 0.3 is 0 Å². The summed E-state index contributed by atoms with van der Waals surface area (Å²) in [5.74, 6) is -0.450. The van der Waals surface area contributed by atoms with Gasteiger partial charge in [-0.05, 0) is 55.7 Å². The molecule has 5 rings (SSSR count). The Morgan fingerprint density at radius 2 is 1.68 bits per heavy atom. The van der Waals surface area contributed by atoms with Crippen molar-refractivity contribution in [1.82, 2.24) is 15.1 Å². The molecule has 1 aliphatic carbocycles. The van der Waals surface area contributed by atoms with E-state index in [1.165, 1.54) is 0 Å². The van der Waals surface area contributed by atoms with Crippen LogP contribution in [0.25, 0.3) is 0 Å². The van der Waals surface area contributed by atoms with Crippen molar-refractivity contribution in [3.8, 4) is 0 Å². The quantitative estimate of drug-likeness (QED) is 0.726. The maximum Gasteiger partial charge on any atom is 0.257 e. The minimum atomic E-state index is -0.915. The van der Waals surface area contributed by atoms with Crippen LogP contribution in [0.5, 0.6) is 0 Å². The van der Waals surface area contributed by atoms with E-state index in [9.17, 15) is 14.4 Å². The molecule has 178 valence electrons. The molecule has 0 aromatic heterocycles. The Morgan fingerprint density at radius 1 is 1.00 bits per heavy atom. The number of halogens is 1. The van der Waals surface area contributed by atoms with Gasteiger partial charge in [0.25, 0.3) is 11.8 Å². The Bertz CT molecular complexity index is 1110. The largest absolute Gasteiger partial charge is 0.353 e. The first-order valence-corrected chi connectivity index (χ1v) is 12.1. The van der Waals surface area contributed by atoms with Crippen LogP contribution >= 0.6 is 11.6 Å². The molecule has 0 radical (unpaired) electrons. The highest BCUT2D eigenvalue weighted by Gasteiger charge is 2.54. The van der Waals surface area contributed by atoms with Gasteiger partial charge in [0.15, 0.2) is 0 Å². The number of hydrogen-bond acceptors (Lipinski definition) is 4. The van der Waals surface area contributed by atoms with Gasteiger partial charge in [0.2, 0.25) is 5.91 Å². The minimum absolute atomic E-state index is 0.0793. The molecular formula is C26H28ClN3O4. The van der Waals surface area contributed by atoms with Crippen LogP contribution in [0.3, 0.4) is 0 Å². The van der Waals surface area contributed by atoms with Gasteiger partial charge < -0.3 is 15.0 Å². The number of rotatable bonds is 4. The number of hydrogen-bond donors (Lipinski definition) is 1. The van der Waals surface area contributed by atoms with Gasteiger partial charge in [-0.3, -0.25) is 19.3 Å². The summed E-state index contributed by atoms with van der Waals surface area (Å²) in [5.41, 5.74) is 1.08. The van der Waals surface area contributed by atoms with Crippen LogP contribution in [0.15, 0.2) is 48.5 Å². The van der Waals surface area contributed by atoms with Crippen molar-refractivity contribution >= 4 is 29.3 Å². The first-order valence-electron chi connectivity index (χ1n) is 11.8. The van der Waals surface area contributed by atoms with Gasteiger partial charge in [0.1, 0.15) is 11.8 Å². The number of nitrogens with one attached hydrogen (secondary N) is 1. The van der Waals surface area contributed by atoms with Crippen molar-refractivity contribution < 1.29 is 19.1 Å². The fraction of sp³-hybridized carbons (Fsp3) is 0.423. The van der Waals surface area contributed by atoms with E-state index in [-0.39, 0.29) is 30.4 Å². The van der Waals surface area contributed by atoms with Gasteiger partial charge in [0, 0.05) is 48.1 Å². The highest BCUT2D eigenvalue weighted by Crippen LogP contribution is 2.39. The summed E-state index contributed by atoms with van der Waals surface area (Å²) in [7, 11) is 0. The molecule has 1 unspecified atom stereocenters. The van der Waals surface area contributed by atoms with Gasteiger partial charge in [-0.15, -0.1) is 0 Å². The van der Waals surface area contributed by atoms with Gasteiger partial charge in [-0.25, -0.2) is 0 Å². The molecule has 0 bridgehead atoms. The molecule has 7 nitrogen and oxygen atoms in total. The summed E-state index contributed by atoms with van der Waals surface area (Å²) >= 11 is 5.95. The van der Waals surface area contributed by atoms with Crippen LogP contribution in [0.2, 0.25) is 5.02 Å². The third kappa shape index (κ3) is 4.30. The van der Waals surface area contributed by atoms with Gasteiger partial charge in [-0.1, -0.05) is 29.8 Å². The van der Waals surface area contributed by atoms with Crippen LogP contribution in [-0.4, -0.2) is 65.0 Å². The molecule has 3 amide bonds. The number of amides is 3. The monoisotopic (exact) mass is 481 g/mol. The van der Waals surface area contributed by atoms with E-state index in [4.69, 9.17) is 16.3 Å². The number of carbonyl (C=O) groups excluding carboxylic acids is 3. The molecule has 2 aromatic carbocycles. The smallest absolute Gasteiger partial charge is 0.257 e. The molecule has 1 saturated carbocycles. The van der Waals surface area contributed by atoms with Crippen molar-refractivity contribution in [2.45, 2.75) is 50.4 Å². The number of nitrogens with zero attached hydrogens (tertiary/aromatic N) is 2. The zero-order chi connectivity index (χ0) is 23.9. The van der Waals surface area contributed by atoms with E-state index < -0.39 is 11.8 Å². The number of ether oxygens (including phenoxy) is 1. The minimum Gasteiger partial charge on any atom is -0.353 e. The standard InChI is InChI=1S/C26H28ClN3O4/c1-17-4-2-3-5-21(17)25(33)30-22(23(31)28-20-10-11-20)16-34-26(30)12-14-29(15-13-26)24(32)18-6-8-19(27)9-7-18/h2-9,20,22H,10-16H2,1H3,(H,28,31). The highest BCUT2D eigenvalue weighted by molar-refractivity contribution is 6.30. The predicted molar refractivity (Wildman–Crippen MR) is 128 cm³/mol. The summed E-state index contributed by atoms with van der Waals surface area (Å²) in [5, 5.41) is 3.61. The Hall–Kier alpha value is -2.90. The molecule has 1 N–H and O–H groups in total. The van der Waals surface area contributed by atoms with E-state index in [0.29, 0.717) is 42.1 Å². The Morgan fingerprint density at radius 3 is 2.32 bits per heavy atom. The summed E-state index contributed by atoms with van der Waals surface area (Å²) < 4.78 is 6.25. The first kappa shape index (κ1) is 22.9. The molecule has 2 saturated heterocycles. The third-order valence-electron chi connectivity index (χ3n) is 7.00. The number of piperidine rings is 1. The highest BCUT2D eigenvalue weighted by atomic mass is 35.5. The number of carbonyl (C=O) groups is 3. The van der Waals surface area contributed by atoms with E-state index in [1.54, 1.807) is 40.1 Å². The van der Waals surface area contributed by atoms with Crippen LogP contribution in [0.1, 0.15) is 52.0 Å². The zero-order valence-corrected chi connectivity index (χ0v) is 19.9. The van der Waals surface area contributed by atoms with Crippen molar-refractivity contribution in [1.29, 1.82) is 0 Å². The average molecular weight is 482 g/mol. The van der Waals surface area contributed by atoms with E-state index in [2.05, 4.69) is 5.32 Å². The zero-order valence-electron chi connectivity index (χ0n) is 19.1. The second-order valence-electron chi connectivity index (χ2n) is 9.35. The van der Waals surface area contributed by atoms with Crippen LogP contribution in [0, 0.1) is 6.92 Å². The number of aryl methyl sites for hydroxylation is 1. The second kappa shape index (κ2) is 9.04. The number of likely N-dealkylation sites (tertiary alicyclic amines) is 1. The summed E-state index contributed by atoms with van der Waals surface area (Å²) in [6.07, 6.45) is 2.82. The lowest BCUT2D eigenvalue weighted by molar-refractivity contribution is -0.128. The molecule has 34 heavy (non-hydrogen) atoms. The lowest BCUT2D eigenvalue weighted by Crippen LogP contribution is -2.60. The molecule has 1 spiro atoms. The maximum atomic E-state index is 13.8. The molecule has 2 heterocycles. The summed E-state index contributed by atoms with van der Waals surface area (Å²) in [6, 6.07) is 13.7. The molecule has 8 heteroatoms. The topological polar surface area (TPSA) is 79.0 Å². The SMILES string of the molecule is Cc1ccccc1C(=O)N1C(C(=O)NC2CC2)COC12CCN(C(=O)c1ccc(Cl)cc1)CC2. The third-order valence-corrected chi connectivity index (χ3v) is 7.26. The van der Waals surface area contributed by atoms with Crippen molar-refractivity contribution in [2.24, 2.45) is 0 Å². The Labute approximate surface area is 204 Å². The molecule has 3 fully saturated rings. The molecule has 2 aromatic rings. The van der Waals surface area contributed by atoms with Crippen molar-refractivity contribution in [3.05, 3.63) is 70.2 Å². The van der Waals surface area contributed by atoms with Gasteiger partial charge in [-0.2, -0.15) is 0 Å². The normalized spacial score (nSPS) is 21.5. The molecular weight excluding hydrogens is 454 g/mol. The second-order valence-corrected chi connectivity index (χ2v) is 9.78. The fourth-order valence-corrected chi connectivity index (χ4v) is 4.99. The predicted octanol–water partition coefficient (Wildman–Crippen LogP) is 3.40. The van der Waals surface area contributed by atoms with Gasteiger partial charge in [0.05, 0.1) is 6.61 Å². The van der Waals surface area contributed by atoms with E-state index in [1.807, 2.05) is 25.1 Å². The fourth-order valence-electron chi connectivity index (χ4n) is 4.87. The lowest BCUT2D eigenvalue weighted by atomic mass is 9.95. The molecule has 1 atom stereocenters. The van der Waals surface area contributed by atoms with E-state index >= 15 is 0 Å². The Kier molecular flexibility index (Phi) is 6.08. The van der Waals surface area contributed by atoms with Crippen molar-refractivity contribution in [3.63, 3.8) is 0 Å². The molecule has 2 aliphatic heterocycles.